The van der Waals surface area contributed by atoms with Crippen LogP contribution in [0.1, 0.15) is 151 Å². The van der Waals surface area contributed by atoms with Crippen LogP contribution in [0.4, 0.5) is 39.8 Å². The average molecular weight is 916 g/mol. The third-order valence-electron chi connectivity index (χ3n) is 19.0. The van der Waals surface area contributed by atoms with Gasteiger partial charge in [-0.05, 0) is 162 Å². The van der Waals surface area contributed by atoms with Crippen LogP contribution in [0.2, 0.25) is 0 Å². The van der Waals surface area contributed by atoms with Gasteiger partial charge in [0.1, 0.15) is 0 Å². The molecule has 0 aromatic heterocycles. The molecule has 4 aliphatic heterocycles. The van der Waals surface area contributed by atoms with E-state index in [0.29, 0.717) is 0 Å². The number of rotatable bonds is 4. The molecule has 0 N–H and O–H groups in total. The normalized spacial score (nSPS) is 24.9. The Balaban J connectivity index is 1.18. The highest BCUT2D eigenvalue weighted by Crippen LogP contribution is 2.67. The van der Waals surface area contributed by atoms with E-state index >= 15 is 0 Å². The summed E-state index contributed by atoms with van der Waals surface area (Å²) in [7, 11) is 0. The number of anilines is 7. The fraction of sp³-hybridized carbons (Fsp3) is 0.364. The summed E-state index contributed by atoms with van der Waals surface area (Å²) in [5.74, 6) is 0. The highest BCUT2D eigenvalue weighted by atomic mass is 15.3. The minimum absolute atomic E-state index is 0.0185. The maximum Gasteiger partial charge on any atom is 0.252 e. The summed E-state index contributed by atoms with van der Waals surface area (Å²) in [6.07, 6.45) is 9.36. The van der Waals surface area contributed by atoms with E-state index in [9.17, 15) is 0 Å². The van der Waals surface area contributed by atoms with E-state index in [2.05, 4.69) is 230 Å². The summed E-state index contributed by atoms with van der Waals surface area (Å²) in [4.78, 5) is 8.52. The Morgan fingerprint density at radius 2 is 1.03 bits per heavy atom. The van der Waals surface area contributed by atoms with Gasteiger partial charge in [-0.15, -0.1) is 0 Å². The standard InChI is InChI=1S/C66H70BN3/c1-43-22-21-27-49(36-43)68-56-37-44(2)28-30-53(56)67-54-40-48(62(6,7)8)39-52-60(54)70(64(10)33-18-20-35-66(52,64)46-25-15-12-16-26-46)58-42-50(41-57(68)59(58)67)69-55-31-29-47(61(3,4)5)38-51(55)65(45-23-13-11-14-24-45)34-19-17-32-63(65,69)9/h11-16,21-31,36-42H,17-20,32-35H2,1-10H3. The van der Waals surface area contributed by atoms with Gasteiger partial charge in [-0.3, -0.25) is 0 Å². The van der Waals surface area contributed by atoms with Gasteiger partial charge in [0.05, 0.1) is 11.1 Å². The van der Waals surface area contributed by atoms with E-state index in [4.69, 9.17) is 0 Å². The molecule has 0 amide bonds. The van der Waals surface area contributed by atoms with Gasteiger partial charge >= 0.3 is 0 Å². The Kier molecular flexibility index (Phi) is 9.29. The Morgan fingerprint density at radius 1 is 0.443 bits per heavy atom. The van der Waals surface area contributed by atoms with Crippen molar-refractivity contribution in [3.05, 3.63) is 190 Å². The molecule has 0 saturated heterocycles. The average Bonchev–Trinajstić information content (AvgIpc) is 3.73. The quantitative estimate of drug-likeness (QED) is 0.163. The summed E-state index contributed by atoms with van der Waals surface area (Å²) in [6.45, 7) is 24.3. The summed E-state index contributed by atoms with van der Waals surface area (Å²) < 4.78 is 0. The molecule has 2 saturated carbocycles. The topological polar surface area (TPSA) is 9.72 Å². The van der Waals surface area contributed by atoms with Gasteiger partial charge in [-0.25, -0.2) is 0 Å². The third-order valence-corrected chi connectivity index (χ3v) is 19.0. The van der Waals surface area contributed by atoms with Crippen molar-refractivity contribution < 1.29 is 0 Å². The highest BCUT2D eigenvalue weighted by Gasteiger charge is 2.66. The molecule has 7 aromatic rings. The molecule has 0 spiro atoms. The summed E-state index contributed by atoms with van der Waals surface area (Å²) in [5.41, 5.74) is 24.2. The zero-order valence-electron chi connectivity index (χ0n) is 43.4. The molecule has 6 aliphatic rings. The number of aryl methyl sites for hydroxylation is 2. The van der Waals surface area contributed by atoms with Crippen LogP contribution in [0.25, 0.3) is 0 Å². The molecule has 0 radical (unpaired) electrons. The lowest BCUT2D eigenvalue weighted by atomic mass is 9.33. The van der Waals surface area contributed by atoms with Crippen LogP contribution in [0.5, 0.6) is 0 Å². The fourth-order valence-corrected chi connectivity index (χ4v) is 15.7. The van der Waals surface area contributed by atoms with Crippen molar-refractivity contribution in [1.82, 2.24) is 0 Å². The maximum atomic E-state index is 2.97. The van der Waals surface area contributed by atoms with Crippen molar-refractivity contribution in [2.75, 3.05) is 14.7 Å². The number of hydrogen-bond donors (Lipinski definition) is 0. The Morgan fingerprint density at radius 3 is 1.67 bits per heavy atom. The van der Waals surface area contributed by atoms with Crippen molar-refractivity contribution in [2.24, 2.45) is 0 Å². The van der Waals surface area contributed by atoms with Crippen molar-refractivity contribution in [1.29, 1.82) is 0 Å². The van der Waals surface area contributed by atoms with Crippen LogP contribution >= 0.6 is 0 Å². The molecular weight excluding hydrogens is 846 g/mol. The molecule has 70 heavy (non-hydrogen) atoms. The molecule has 0 bridgehead atoms. The Hall–Kier alpha value is -6.00. The molecule has 3 nitrogen and oxygen atoms in total. The number of fused-ring (bicyclic) bond motifs is 10. The van der Waals surface area contributed by atoms with Gasteiger partial charge in [0.2, 0.25) is 0 Å². The molecule has 7 aromatic carbocycles. The molecule has 4 unspecified atom stereocenters. The van der Waals surface area contributed by atoms with E-state index < -0.39 is 0 Å². The predicted molar refractivity (Wildman–Crippen MR) is 298 cm³/mol. The van der Waals surface area contributed by atoms with E-state index in [0.717, 1.165) is 25.7 Å². The first-order valence-corrected chi connectivity index (χ1v) is 26.7. The zero-order chi connectivity index (χ0) is 48.3. The van der Waals surface area contributed by atoms with Crippen LogP contribution in [0, 0.1) is 13.8 Å². The highest BCUT2D eigenvalue weighted by molar-refractivity contribution is 7.00. The predicted octanol–water partition coefficient (Wildman–Crippen LogP) is 15.1. The van der Waals surface area contributed by atoms with Gasteiger partial charge in [-0.2, -0.15) is 0 Å². The van der Waals surface area contributed by atoms with Gasteiger partial charge in [0.15, 0.2) is 0 Å². The van der Waals surface area contributed by atoms with Crippen LogP contribution in [0.15, 0.2) is 146 Å². The summed E-state index contributed by atoms with van der Waals surface area (Å²) in [6, 6.07) is 58.4. The largest absolute Gasteiger partial charge is 0.335 e. The fourth-order valence-electron chi connectivity index (χ4n) is 15.7. The first-order chi connectivity index (χ1) is 33.5. The number of nitrogens with zero attached hydrogens (tertiary/aromatic N) is 3. The second kappa shape index (κ2) is 14.8. The van der Waals surface area contributed by atoms with E-state index in [-0.39, 0.29) is 39.5 Å². The van der Waals surface area contributed by atoms with Gasteiger partial charge in [-0.1, -0.05) is 176 Å². The molecule has 13 rings (SSSR count). The third kappa shape index (κ3) is 5.65. The molecule has 2 fully saturated rings. The Labute approximate surface area is 419 Å². The van der Waals surface area contributed by atoms with E-state index in [1.165, 1.54) is 121 Å². The second-order valence-corrected chi connectivity index (χ2v) is 24.9. The lowest BCUT2D eigenvalue weighted by molar-refractivity contribution is 0.214. The molecule has 4 heterocycles. The maximum absolute atomic E-state index is 2.97. The van der Waals surface area contributed by atoms with E-state index in [1.807, 2.05) is 0 Å². The number of benzene rings is 7. The second-order valence-electron chi connectivity index (χ2n) is 24.9. The summed E-state index contributed by atoms with van der Waals surface area (Å²) in [5, 5.41) is 0. The lowest BCUT2D eigenvalue weighted by Crippen LogP contribution is -2.65. The smallest absolute Gasteiger partial charge is 0.252 e. The van der Waals surface area contributed by atoms with Crippen molar-refractivity contribution in [3.8, 4) is 0 Å². The molecule has 4 atom stereocenters. The molecule has 2 aliphatic carbocycles. The van der Waals surface area contributed by atoms with Crippen LogP contribution in [0.3, 0.4) is 0 Å². The first kappa shape index (κ1) is 44.0. The van der Waals surface area contributed by atoms with Gasteiger partial charge in [0.25, 0.3) is 6.71 Å². The van der Waals surface area contributed by atoms with Gasteiger partial charge < -0.3 is 14.7 Å². The monoisotopic (exact) mass is 916 g/mol. The lowest BCUT2D eigenvalue weighted by Gasteiger charge is -2.55. The zero-order valence-corrected chi connectivity index (χ0v) is 43.4. The van der Waals surface area contributed by atoms with Crippen molar-refractivity contribution in [3.63, 3.8) is 0 Å². The molecule has 4 heteroatoms. The van der Waals surface area contributed by atoms with Crippen LogP contribution < -0.4 is 31.1 Å². The molecular formula is C66H70BN3. The number of hydrogen-bond acceptors (Lipinski definition) is 3. The first-order valence-electron chi connectivity index (χ1n) is 26.7. The van der Waals surface area contributed by atoms with E-state index in [1.54, 1.807) is 5.56 Å². The minimum Gasteiger partial charge on any atom is -0.335 e. The van der Waals surface area contributed by atoms with Crippen LogP contribution in [-0.2, 0) is 21.7 Å². The minimum atomic E-state index is -0.226. The van der Waals surface area contributed by atoms with Crippen molar-refractivity contribution >= 4 is 62.9 Å². The molecule has 352 valence electrons. The SMILES string of the molecule is Cc1cccc(N2c3cc(C)ccc3B3c4cc(C(C)(C)C)cc5c4N(c4cc(N6c7ccc(C(C)(C)C)cc7C7(c8ccccc8)CCCCC67C)cc2c43)C2(C)CCCCC52c2ccccc2)c1. The summed E-state index contributed by atoms with van der Waals surface area (Å²) >= 11 is 0. The van der Waals surface area contributed by atoms with Crippen molar-refractivity contribution in [2.45, 2.75) is 153 Å². The van der Waals surface area contributed by atoms with Crippen LogP contribution in [-0.4, -0.2) is 17.8 Å². The Bertz CT molecular complexity index is 3290. The van der Waals surface area contributed by atoms with Gasteiger partial charge in [0, 0.05) is 50.6 Å².